The monoisotopic (exact) mass is 376 g/mol. The molecule has 9 heteroatoms. The lowest BCUT2D eigenvalue weighted by Gasteiger charge is -2.43. The Bertz CT molecular complexity index is 822. The molecule has 2 amide bonds. The molecule has 8 nitrogen and oxygen atoms in total. The van der Waals surface area contributed by atoms with E-state index < -0.39 is 5.91 Å². The molecule has 1 fully saturated rings. The Hall–Kier alpha value is -2.26. The number of carbonyl (C=O) groups excluding carboxylic acids is 2. The summed E-state index contributed by atoms with van der Waals surface area (Å²) in [6.45, 7) is 3.54. The van der Waals surface area contributed by atoms with E-state index in [0.29, 0.717) is 18.8 Å². The van der Waals surface area contributed by atoms with Crippen molar-refractivity contribution in [3.8, 4) is 0 Å². The van der Waals surface area contributed by atoms with Gasteiger partial charge in [-0.1, -0.05) is 5.16 Å². The number of fused-ring (bicyclic) bond motifs is 2. The molecule has 4 heterocycles. The van der Waals surface area contributed by atoms with E-state index in [4.69, 9.17) is 4.74 Å². The maximum Gasteiger partial charge on any atom is 0.275 e. The summed E-state index contributed by atoms with van der Waals surface area (Å²) in [6.07, 6.45) is 2.53. The van der Waals surface area contributed by atoms with E-state index in [1.165, 1.54) is 10.4 Å². The average molecular weight is 376 g/mol. The molecule has 26 heavy (non-hydrogen) atoms. The van der Waals surface area contributed by atoms with Crippen molar-refractivity contribution >= 4 is 23.2 Å². The van der Waals surface area contributed by atoms with Crippen LogP contribution in [0, 0.1) is 6.92 Å². The van der Waals surface area contributed by atoms with Crippen LogP contribution in [0.5, 0.6) is 0 Å². The predicted octanol–water partition coefficient (Wildman–Crippen LogP) is 1.26. The molecular weight excluding hydrogens is 356 g/mol. The van der Waals surface area contributed by atoms with Gasteiger partial charge in [-0.2, -0.15) is 0 Å². The SMILES string of the molecule is Cc1nonc1C(=O)NCC(=O)N1CCC2(CC1)OCCc1ccsc12. The number of aromatic nitrogens is 2. The Labute approximate surface area is 154 Å². The molecule has 0 atom stereocenters. The second kappa shape index (κ2) is 6.81. The summed E-state index contributed by atoms with van der Waals surface area (Å²) in [4.78, 5) is 27.5. The van der Waals surface area contributed by atoms with E-state index in [0.717, 1.165) is 25.9 Å². The van der Waals surface area contributed by atoms with E-state index in [9.17, 15) is 9.59 Å². The number of piperidine rings is 1. The van der Waals surface area contributed by atoms with E-state index in [1.54, 1.807) is 23.2 Å². The summed E-state index contributed by atoms with van der Waals surface area (Å²) in [6, 6.07) is 2.18. The molecule has 1 spiro atoms. The van der Waals surface area contributed by atoms with Gasteiger partial charge in [0.15, 0.2) is 5.69 Å². The van der Waals surface area contributed by atoms with Crippen molar-refractivity contribution in [1.29, 1.82) is 0 Å². The van der Waals surface area contributed by atoms with Gasteiger partial charge in [-0.3, -0.25) is 9.59 Å². The zero-order chi connectivity index (χ0) is 18.1. The van der Waals surface area contributed by atoms with Crippen molar-refractivity contribution in [1.82, 2.24) is 20.5 Å². The minimum absolute atomic E-state index is 0.0662. The zero-order valence-electron chi connectivity index (χ0n) is 14.5. The number of aryl methyl sites for hydroxylation is 1. The van der Waals surface area contributed by atoms with Crippen molar-refractivity contribution in [2.75, 3.05) is 26.2 Å². The van der Waals surface area contributed by atoms with Gasteiger partial charge < -0.3 is 15.0 Å². The number of likely N-dealkylation sites (tertiary alicyclic amines) is 1. The highest BCUT2D eigenvalue weighted by Gasteiger charge is 2.42. The number of hydrogen-bond donors (Lipinski definition) is 1. The molecule has 1 N–H and O–H groups in total. The highest BCUT2D eigenvalue weighted by Crippen LogP contribution is 2.44. The molecule has 0 unspecified atom stereocenters. The number of carbonyl (C=O) groups is 2. The summed E-state index contributed by atoms with van der Waals surface area (Å²) in [5.41, 5.74) is 1.64. The van der Waals surface area contributed by atoms with E-state index in [1.807, 2.05) is 0 Å². The topological polar surface area (TPSA) is 97.6 Å². The number of nitrogens with zero attached hydrogens (tertiary/aromatic N) is 3. The van der Waals surface area contributed by atoms with Gasteiger partial charge in [-0.15, -0.1) is 11.3 Å². The first-order valence-corrected chi connectivity index (χ1v) is 9.53. The quantitative estimate of drug-likeness (QED) is 0.866. The van der Waals surface area contributed by atoms with Crippen LogP contribution in [0.1, 0.15) is 39.5 Å². The van der Waals surface area contributed by atoms with Gasteiger partial charge in [0.05, 0.1) is 13.2 Å². The Kier molecular flexibility index (Phi) is 4.49. The fraction of sp³-hybridized carbons (Fsp3) is 0.529. The third-order valence-corrected chi connectivity index (χ3v) is 6.24. The van der Waals surface area contributed by atoms with E-state index >= 15 is 0 Å². The number of hydrogen-bond acceptors (Lipinski definition) is 7. The van der Waals surface area contributed by atoms with Crippen LogP contribution in [0.3, 0.4) is 0 Å². The van der Waals surface area contributed by atoms with Gasteiger partial charge in [0.1, 0.15) is 11.3 Å². The lowest BCUT2D eigenvalue weighted by molar-refractivity contribution is -0.139. The Morgan fingerprint density at radius 1 is 1.35 bits per heavy atom. The average Bonchev–Trinajstić information content (AvgIpc) is 3.30. The third kappa shape index (κ3) is 3.01. The molecule has 1 saturated heterocycles. The van der Waals surface area contributed by atoms with Gasteiger partial charge in [0, 0.05) is 18.0 Å². The summed E-state index contributed by atoms with van der Waals surface area (Å²) in [5, 5.41) is 11.8. The molecule has 0 saturated carbocycles. The highest BCUT2D eigenvalue weighted by molar-refractivity contribution is 7.10. The normalized spacial score (nSPS) is 18.6. The number of ether oxygens (including phenoxy) is 1. The minimum Gasteiger partial charge on any atom is -0.369 e. The molecule has 2 aromatic rings. The number of amides is 2. The molecule has 138 valence electrons. The first kappa shape index (κ1) is 17.2. The molecule has 0 aliphatic carbocycles. The summed E-state index contributed by atoms with van der Waals surface area (Å²) in [5.74, 6) is -0.561. The highest BCUT2D eigenvalue weighted by atomic mass is 32.1. The van der Waals surface area contributed by atoms with Gasteiger partial charge in [-0.05, 0) is 48.4 Å². The van der Waals surface area contributed by atoms with Crippen LogP contribution >= 0.6 is 11.3 Å². The van der Waals surface area contributed by atoms with Crippen molar-refractivity contribution in [2.45, 2.75) is 31.8 Å². The predicted molar refractivity (Wildman–Crippen MR) is 92.8 cm³/mol. The lowest BCUT2D eigenvalue weighted by atomic mass is 9.85. The zero-order valence-corrected chi connectivity index (χ0v) is 15.3. The van der Waals surface area contributed by atoms with Crippen molar-refractivity contribution < 1.29 is 19.0 Å². The third-order valence-electron chi connectivity index (χ3n) is 5.10. The summed E-state index contributed by atoms with van der Waals surface area (Å²) < 4.78 is 10.7. The van der Waals surface area contributed by atoms with Crippen LogP contribution < -0.4 is 5.32 Å². The second-order valence-electron chi connectivity index (χ2n) is 6.63. The van der Waals surface area contributed by atoms with Gasteiger partial charge in [-0.25, -0.2) is 4.63 Å². The van der Waals surface area contributed by atoms with Crippen LogP contribution in [0.25, 0.3) is 0 Å². The maximum absolute atomic E-state index is 12.4. The minimum atomic E-state index is -0.454. The molecular formula is C17H20N4O4S. The Balaban J connectivity index is 1.33. The standard InChI is InChI=1S/C17H20N4O4S/c1-11-14(20-25-19-11)16(23)18-10-13(22)21-6-4-17(5-7-21)15-12(2-8-24-17)3-9-26-15/h3,9H,2,4-8,10H2,1H3,(H,18,23). The fourth-order valence-corrected chi connectivity index (χ4v) is 4.80. The summed E-state index contributed by atoms with van der Waals surface area (Å²) >= 11 is 1.75. The Morgan fingerprint density at radius 2 is 2.15 bits per heavy atom. The van der Waals surface area contributed by atoms with Gasteiger partial charge >= 0.3 is 0 Å². The van der Waals surface area contributed by atoms with Crippen LogP contribution in [0.4, 0.5) is 0 Å². The second-order valence-corrected chi connectivity index (χ2v) is 7.55. The molecule has 0 radical (unpaired) electrons. The Morgan fingerprint density at radius 3 is 2.88 bits per heavy atom. The number of nitrogens with one attached hydrogen (secondary N) is 1. The van der Waals surface area contributed by atoms with Crippen LogP contribution in [0.2, 0.25) is 0 Å². The molecule has 2 aromatic heterocycles. The van der Waals surface area contributed by atoms with Crippen molar-refractivity contribution in [3.63, 3.8) is 0 Å². The first-order chi connectivity index (χ1) is 12.6. The van der Waals surface area contributed by atoms with Crippen LogP contribution in [-0.2, 0) is 21.6 Å². The smallest absolute Gasteiger partial charge is 0.275 e. The lowest BCUT2D eigenvalue weighted by Crippen LogP contribution is -2.50. The number of thiophene rings is 1. The molecule has 0 aromatic carbocycles. The number of rotatable bonds is 3. The maximum atomic E-state index is 12.4. The van der Waals surface area contributed by atoms with Crippen LogP contribution in [0.15, 0.2) is 16.1 Å². The van der Waals surface area contributed by atoms with Crippen LogP contribution in [-0.4, -0.2) is 53.3 Å². The van der Waals surface area contributed by atoms with E-state index in [2.05, 4.69) is 31.7 Å². The van der Waals surface area contributed by atoms with Crippen molar-refractivity contribution in [3.05, 3.63) is 33.3 Å². The first-order valence-electron chi connectivity index (χ1n) is 8.65. The van der Waals surface area contributed by atoms with Gasteiger partial charge in [0.25, 0.3) is 5.91 Å². The largest absolute Gasteiger partial charge is 0.369 e. The molecule has 2 aliphatic rings. The molecule has 0 bridgehead atoms. The summed E-state index contributed by atoms with van der Waals surface area (Å²) in [7, 11) is 0. The van der Waals surface area contributed by atoms with E-state index in [-0.39, 0.29) is 23.7 Å². The fourth-order valence-electron chi connectivity index (χ4n) is 3.63. The van der Waals surface area contributed by atoms with Gasteiger partial charge in [0.2, 0.25) is 5.91 Å². The van der Waals surface area contributed by atoms with Crippen molar-refractivity contribution in [2.24, 2.45) is 0 Å². The molecule has 4 rings (SSSR count). The molecule has 2 aliphatic heterocycles.